The van der Waals surface area contributed by atoms with Crippen molar-refractivity contribution in [3.63, 3.8) is 0 Å². The molecule has 7 heteroatoms. The quantitative estimate of drug-likeness (QED) is 0.494. The largest absolute Gasteiger partial charge is 0.485 e. The maximum absolute atomic E-state index is 11.7. The molecule has 0 fully saturated rings. The lowest BCUT2D eigenvalue weighted by atomic mass is 9.92. The molecule has 0 bridgehead atoms. The van der Waals surface area contributed by atoms with Gasteiger partial charge >= 0.3 is 5.97 Å². The van der Waals surface area contributed by atoms with Gasteiger partial charge in [-0.15, -0.1) is 0 Å². The van der Waals surface area contributed by atoms with E-state index in [1.165, 1.54) is 6.08 Å². The lowest BCUT2D eigenvalue weighted by Crippen LogP contribution is -2.04. The fourth-order valence-electron chi connectivity index (χ4n) is 4.10. The number of hydrogen-bond donors (Lipinski definition) is 2. The molecular formula is C25H25ClN2O4. The van der Waals surface area contributed by atoms with Gasteiger partial charge in [-0.05, 0) is 42.7 Å². The first-order valence-electron chi connectivity index (χ1n) is 10.7. The van der Waals surface area contributed by atoms with Gasteiger partial charge in [0.05, 0.1) is 6.61 Å². The van der Waals surface area contributed by atoms with E-state index in [9.17, 15) is 15.0 Å². The molecule has 3 aromatic rings. The third-order valence-electron chi connectivity index (χ3n) is 5.63. The van der Waals surface area contributed by atoms with Gasteiger partial charge in [0.1, 0.15) is 28.5 Å². The number of hydrogen-bond acceptors (Lipinski definition) is 4. The van der Waals surface area contributed by atoms with Crippen LogP contribution in [0.15, 0.2) is 48.5 Å². The lowest BCUT2D eigenvalue weighted by Gasteiger charge is -2.16. The molecule has 0 radical (unpaired) electrons. The van der Waals surface area contributed by atoms with Crippen molar-refractivity contribution in [2.24, 2.45) is 0 Å². The highest BCUT2D eigenvalue weighted by molar-refractivity contribution is 6.30. The highest BCUT2D eigenvalue weighted by atomic mass is 35.5. The van der Waals surface area contributed by atoms with Gasteiger partial charge in [0.15, 0.2) is 0 Å². The van der Waals surface area contributed by atoms with Crippen molar-refractivity contribution in [2.45, 2.75) is 45.8 Å². The van der Waals surface area contributed by atoms with E-state index in [1.807, 2.05) is 54.0 Å². The number of aliphatic hydroxyl groups is 1. The summed E-state index contributed by atoms with van der Waals surface area (Å²) in [6.45, 7) is 3.79. The molecule has 0 spiro atoms. The molecule has 2 N–H and O–H groups in total. The first kappa shape index (κ1) is 22.1. The molecule has 166 valence electrons. The van der Waals surface area contributed by atoms with Gasteiger partial charge in [0.25, 0.3) is 0 Å². The summed E-state index contributed by atoms with van der Waals surface area (Å²) in [6.07, 6.45) is 3.61. The maximum Gasteiger partial charge on any atom is 0.328 e. The zero-order valence-corrected chi connectivity index (χ0v) is 18.8. The van der Waals surface area contributed by atoms with Crippen LogP contribution in [-0.4, -0.2) is 25.7 Å². The van der Waals surface area contributed by atoms with Gasteiger partial charge in [-0.1, -0.05) is 49.2 Å². The van der Waals surface area contributed by atoms with Gasteiger partial charge in [0, 0.05) is 29.3 Å². The number of fused-ring (bicyclic) bond motifs is 2. The predicted octanol–water partition coefficient (Wildman–Crippen LogP) is 5.33. The van der Waals surface area contributed by atoms with Crippen LogP contribution in [0, 0.1) is 0 Å². The second-order valence-corrected chi connectivity index (χ2v) is 8.14. The number of carboxylic acid groups (broad SMARTS) is 1. The normalized spacial score (nSPS) is 16.2. The zero-order chi connectivity index (χ0) is 22.8. The van der Waals surface area contributed by atoms with Crippen molar-refractivity contribution in [3.8, 4) is 11.4 Å². The molecule has 0 saturated carbocycles. The van der Waals surface area contributed by atoms with Gasteiger partial charge in [0.2, 0.25) is 0 Å². The Hall–Kier alpha value is -3.09. The van der Waals surface area contributed by atoms with Crippen molar-refractivity contribution >= 4 is 23.1 Å². The number of aliphatic carboxylic acids is 1. The van der Waals surface area contributed by atoms with Crippen molar-refractivity contribution in [1.29, 1.82) is 0 Å². The minimum Gasteiger partial charge on any atom is -0.485 e. The van der Waals surface area contributed by atoms with Crippen molar-refractivity contribution in [1.82, 2.24) is 9.55 Å². The number of halogens is 1. The smallest absolute Gasteiger partial charge is 0.328 e. The number of benzene rings is 2. The Morgan fingerprint density at radius 2 is 2.03 bits per heavy atom. The Bertz CT molecular complexity index is 1200. The van der Waals surface area contributed by atoms with Crippen LogP contribution in [0.1, 0.15) is 61.0 Å². The zero-order valence-electron chi connectivity index (χ0n) is 18.0. The third kappa shape index (κ3) is 4.04. The predicted molar refractivity (Wildman–Crippen MR) is 123 cm³/mol. The summed E-state index contributed by atoms with van der Waals surface area (Å²) in [5.74, 6) is 0.319. The molecule has 1 aromatic heterocycles. The molecule has 2 aromatic carbocycles. The van der Waals surface area contributed by atoms with Crippen LogP contribution < -0.4 is 4.74 Å². The van der Waals surface area contributed by atoms with E-state index in [4.69, 9.17) is 16.3 Å². The molecule has 1 atom stereocenters. The SMILES string of the molecule is CCCCc1nc(CO)c(Cl)n1-c1ccc2c(c1)C(=CC(=O)O)c1ccccc1C(C)O2. The summed E-state index contributed by atoms with van der Waals surface area (Å²) in [7, 11) is 0. The first-order valence-corrected chi connectivity index (χ1v) is 11.0. The average molecular weight is 453 g/mol. The number of aryl methyl sites for hydroxylation is 1. The van der Waals surface area contributed by atoms with Crippen LogP contribution in [0.2, 0.25) is 5.15 Å². The molecule has 0 saturated heterocycles. The summed E-state index contributed by atoms with van der Waals surface area (Å²) in [5.41, 5.74) is 4.13. The topological polar surface area (TPSA) is 84.6 Å². The van der Waals surface area contributed by atoms with Crippen LogP contribution in [0.3, 0.4) is 0 Å². The second kappa shape index (κ2) is 9.18. The van der Waals surface area contributed by atoms with E-state index < -0.39 is 5.97 Å². The summed E-state index contributed by atoms with van der Waals surface area (Å²) in [6, 6.07) is 13.3. The van der Waals surface area contributed by atoms with E-state index >= 15 is 0 Å². The number of rotatable bonds is 6. The number of aliphatic hydroxyl groups excluding tert-OH is 1. The Labute approximate surface area is 191 Å². The summed E-state index contributed by atoms with van der Waals surface area (Å²) >= 11 is 6.58. The fraction of sp³-hybridized carbons (Fsp3) is 0.280. The van der Waals surface area contributed by atoms with Crippen molar-refractivity contribution in [3.05, 3.63) is 81.9 Å². The molecular weight excluding hydrogens is 428 g/mol. The molecule has 1 unspecified atom stereocenters. The summed E-state index contributed by atoms with van der Waals surface area (Å²) < 4.78 is 8.03. The standard InChI is InChI=1S/C25H25ClN2O4/c1-3-4-9-23-27-21(14-29)25(26)28(23)16-10-11-22-20(12-16)19(13-24(30)31)18-8-6-5-7-17(18)15(2)32-22/h5-8,10-13,15,29H,3-4,9,14H2,1-2H3,(H,30,31). The van der Waals surface area contributed by atoms with Crippen LogP contribution in [0.5, 0.6) is 5.75 Å². The van der Waals surface area contributed by atoms with Gasteiger partial charge in [-0.25, -0.2) is 9.78 Å². The van der Waals surface area contributed by atoms with Crippen LogP contribution in [0.25, 0.3) is 11.3 Å². The van der Waals surface area contributed by atoms with Gasteiger partial charge in [-0.3, -0.25) is 4.57 Å². The maximum atomic E-state index is 11.7. The van der Waals surface area contributed by atoms with Crippen LogP contribution in [0.4, 0.5) is 0 Å². The minimum absolute atomic E-state index is 0.242. The fourth-order valence-corrected chi connectivity index (χ4v) is 4.40. The molecule has 6 nitrogen and oxygen atoms in total. The molecule has 0 amide bonds. The number of carbonyl (C=O) groups is 1. The highest BCUT2D eigenvalue weighted by Crippen LogP contribution is 2.42. The molecule has 32 heavy (non-hydrogen) atoms. The minimum atomic E-state index is -1.03. The third-order valence-corrected chi connectivity index (χ3v) is 6.02. The summed E-state index contributed by atoms with van der Waals surface area (Å²) in [5, 5.41) is 19.6. The van der Waals surface area contributed by atoms with Crippen LogP contribution >= 0.6 is 11.6 Å². The Morgan fingerprint density at radius 1 is 1.25 bits per heavy atom. The van der Waals surface area contributed by atoms with E-state index in [0.29, 0.717) is 34.2 Å². The Morgan fingerprint density at radius 3 is 2.75 bits per heavy atom. The highest BCUT2D eigenvalue weighted by Gasteiger charge is 2.26. The van der Waals surface area contributed by atoms with Crippen LogP contribution in [-0.2, 0) is 17.8 Å². The number of carboxylic acids is 1. The molecule has 1 aliphatic heterocycles. The van der Waals surface area contributed by atoms with E-state index in [2.05, 4.69) is 11.9 Å². The lowest BCUT2D eigenvalue weighted by molar-refractivity contribution is -0.131. The van der Waals surface area contributed by atoms with Crippen molar-refractivity contribution in [2.75, 3.05) is 0 Å². The number of imidazole rings is 1. The first-order chi connectivity index (χ1) is 15.4. The molecule has 1 aliphatic rings. The monoisotopic (exact) mass is 452 g/mol. The van der Waals surface area contributed by atoms with E-state index in [0.717, 1.165) is 35.5 Å². The van der Waals surface area contributed by atoms with Gasteiger partial charge in [-0.2, -0.15) is 0 Å². The Kier molecular flexibility index (Phi) is 6.35. The average Bonchev–Trinajstić information content (AvgIpc) is 3.05. The van der Waals surface area contributed by atoms with E-state index in [1.54, 1.807) is 0 Å². The summed E-state index contributed by atoms with van der Waals surface area (Å²) in [4.78, 5) is 16.3. The number of nitrogens with zero attached hydrogens (tertiary/aromatic N) is 2. The molecule has 2 heterocycles. The second-order valence-electron chi connectivity index (χ2n) is 7.79. The van der Waals surface area contributed by atoms with E-state index in [-0.39, 0.29) is 12.7 Å². The van der Waals surface area contributed by atoms with Gasteiger partial charge < -0.3 is 14.9 Å². The molecule has 4 rings (SSSR count). The Balaban J connectivity index is 1.93. The number of unbranched alkanes of at least 4 members (excludes halogenated alkanes) is 1. The number of aromatic nitrogens is 2. The molecule has 0 aliphatic carbocycles. The number of ether oxygens (including phenoxy) is 1. The van der Waals surface area contributed by atoms with Crippen molar-refractivity contribution < 1.29 is 19.7 Å².